The number of benzene rings is 3. The van der Waals surface area contributed by atoms with E-state index in [0.717, 1.165) is 47.8 Å². The van der Waals surface area contributed by atoms with Gasteiger partial charge < -0.3 is 10.1 Å². The second kappa shape index (κ2) is 13.5. The maximum absolute atomic E-state index is 13.5. The van der Waals surface area contributed by atoms with E-state index >= 15 is 0 Å². The zero-order valence-corrected chi connectivity index (χ0v) is 25.1. The van der Waals surface area contributed by atoms with Crippen molar-refractivity contribution in [1.29, 1.82) is 0 Å². The fourth-order valence-corrected chi connectivity index (χ4v) is 7.05. The molecule has 1 aliphatic heterocycles. The van der Waals surface area contributed by atoms with E-state index in [1.54, 1.807) is 19.1 Å². The summed E-state index contributed by atoms with van der Waals surface area (Å²) >= 11 is 1.32. The molecule has 5 rings (SSSR count). The number of halogens is 2. The van der Waals surface area contributed by atoms with Crippen LogP contribution in [0.25, 0.3) is 0 Å². The smallest absolute Gasteiger partial charge is 0.341 e. The standard InChI is InChI=1S/C30H28FN3O5S2.ClH/c1-2-39-30(36)27-24-16-17-34(18-20-8-4-3-5-9-20)19-26(24)40-29(27)32-28(35)23-10-6-7-11-25(23)33-41(37,38)22-14-12-21(31)13-15-22;/h3-15,33H,2,16-19H2,1H3,(H,32,35);1H. The first-order chi connectivity index (χ1) is 19.7. The summed E-state index contributed by atoms with van der Waals surface area (Å²) in [4.78, 5) is 29.6. The van der Waals surface area contributed by atoms with Crippen molar-refractivity contribution in [2.24, 2.45) is 0 Å². The molecule has 0 spiro atoms. The first kappa shape index (κ1) is 31.2. The van der Waals surface area contributed by atoms with Gasteiger partial charge in [-0.25, -0.2) is 17.6 Å². The Morgan fingerprint density at radius 2 is 1.69 bits per heavy atom. The lowest BCUT2D eigenvalue weighted by Crippen LogP contribution is -2.30. The third-order valence-electron chi connectivity index (χ3n) is 6.63. The van der Waals surface area contributed by atoms with Crippen molar-refractivity contribution < 1.29 is 27.1 Å². The number of ether oxygens (including phenoxy) is 1. The Morgan fingerprint density at radius 1 is 1.00 bits per heavy atom. The average Bonchev–Trinajstić information content (AvgIpc) is 3.31. The molecule has 8 nitrogen and oxygen atoms in total. The van der Waals surface area contributed by atoms with Gasteiger partial charge in [0, 0.05) is 24.5 Å². The summed E-state index contributed by atoms with van der Waals surface area (Å²) in [5.41, 5.74) is 2.49. The quantitative estimate of drug-likeness (QED) is 0.217. The third kappa shape index (κ3) is 6.99. The first-order valence-electron chi connectivity index (χ1n) is 13.0. The zero-order chi connectivity index (χ0) is 29.0. The fraction of sp³-hybridized carbons (Fsp3) is 0.200. The monoisotopic (exact) mass is 629 g/mol. The van der Waals surface area contributed by atoms with Gasteiger partial charge in [0.15, 0.2) is 0 Å². The predicted molar refractivity (Wildman–Crippen MR) is 163 cm³/mol. The van der Waals surface area contributed by atoms with E-state index in [4.69, 9.17) is 4.74 Å². The minimum Gasteiger partial charge on any atom is -0.462 e. The van der Waals surface area contributed by atoms with Gasteiger partial charge in [-0.2, -0.15) is 0 Å². The van der Waals surface area contributed by atoms with Crippen LogP contribution in [-0.2, 0) is 34.3 Å². The summed E-state index contributed by atoms with van der Waals surface area (Å²) in [6.45, 7) is 4.03. The molecule has 0 fully saturated rings. The van der Waals surface area contributed by atoms with Crippen LogP contribution >= 0.6 is 23.7 Å². The molecule has 2 N–H and O–H groups in total. The van der Waals surface area contributed by atoms with Crippen molar-refractivity contribution >= 4 is 56.3 Å². The highest BCUT2D eigenvalue weighted by atomic mass is 35.5. The zero-order valence-electron chi connectivity index (χ0n) is 22.6. The van der Waals surface area contributed by atoms with Gasteiger partial charge in [-0.15, -0.1) is 23.7 Å². The second-order valence-corrected chi connectivity index (χ2v) is 12.2. The minimum absolute atomic E-state index is 0. The molecule has 4 aromatic rings. The Bertz CT molecular complexity index is 1680. The number of fused-ring (bicyclic) bond motifs is 1. The number of carbonyl (C=O) groups is 2. The normalized spacial score (nSPS) is 13.0. The number of hydrogen-bond donors (Lipinski definition) is 2. The molecule has 0 saturated heterocycles. The molecule has 42 heavy (non-hydrogen) atoms. The highest BCUT2D eigenvalue weighted by Gasteiger charge is 2.30. The average molecular weight is 630 g/mol. The fourth-order valence-electron chi connectivity index (χ4n) is 4.70. The van der Waals surface area contributed by atoms with Crippen LogP contribution in [0.2, 0.25) is 0 Å². The number of hydrogen-bond acceptors (Lipinski definition) is 7. The van der Waals surface area contributed by atoms with Crippen molar-refractivity contribution in [3.05, 3.63) is 112 Å². The van der Waals surface area contributed by atoms with Gasteiger partial charge in [0.25, 0.3) is 15.9 Å². The second-order valence-electron chi connectivity index (χ2n) is 9.43. The Kier molecular flexibility index (Phi) is 10.00. The van der Waals surface area contributed by atoms with E-state index in [1.165, 1.54) is 29.0 Å². The number of anilines is 2. The highest BCUT2D eigenvalue weighted by Crippen LogP contribution is 2.38. The van der Waals surface area contributed by atoms with E-state index in [-0.39, 0.29) is 35.2 Å². The summed E-state index contributed by atoms with van der Waals surface area (Å²) in [5, 5.41) is 3.19. The van der Waals surface area contributed by atoms with Crippen LogP contribution in [0.5, 0.6) is 0 Å². The maximum Gasteiger partial charge on any atom is 0.341 e. The van der Waals surface area contributed by atoms with Gasteiger partial charge in [0.1, 0.15) is 10.8 Å². The number of nitrogens with zero attached hydrogens (tertiary/aromatic N) is 1. The van der Waals surface area contributed by atoms with Gasteiger partial charge in [-0.3, -0.25) is 14.4 Å². The minimum atomic E-state index is -4.10. The van der Waals surface area contributed by atoms with Crippen LogP contribution in [0.4, 0.5) is 15.1 Å². The largest absolute Gasteiger partial charge is 0.462 e. The molecule has 1 aliphatic rings. The van der Waals surface area contributed by atoms with Gasteiger partial charge in [0.05, 0.1) is 28.3 Å². The van der Waals surface area contributed by atoms with E-state index in [2.05, 4.69) is 27.1 Å². The van der Waals surface area contributed by atoms with Gasteiger partial charge in [-0.05, 0) is 60.9 Å². The van der Waals surface area contributed by atoms with Crippen molar-refractivity contribution in [3.8, 4) is 0 Å². The summed E-state index contributed by atoms with van der Waals surface area (Å²) in [6.07, 6.45) is 0.622. The molecule has 220 valence electrons. The van der Waals surface area contributed by atoms with Crippen LogP contribution in [0, 0.1) is 5.82 Å². The van der Waals surface area contributed by atoms with Gasteiger partial charge in [-0.1, -0.05) is 42.5 Å². The van der Waals surface area contributed by atoms with Crippen molar-refractivity contribution in [2.45, 2.75) is 31.3 Å². The third-order valence-corrected chi connectivity index (χ3v) is 9.15. The number of sulfonamides is 1. The van der Waals surface area contributed by atoms with Gasteiger partial charge >= 0.3 is 5.97 Å². The molecular formula is C30H29ClFN3O5S2. The molecule has 0 aliphatic carbocycles. The molecule has 1 aromatic heterocycles. The molecule has 0 unspecified atom stereocenters. The topological polar surface area (TPSA) is 105 Å². The molecule has 0 radical (unpaired) electrons. The molecule has 12 heteroatoms. The molecule has 1 amide bonds. The molecule has 2 heterocycles. The maximum atomic E-state index is 13.5. The van der Waals surface area contributed by atoms with E-state index < -0.39 is 27.7 Å². The molecule has 0 saturated carbocycles. The summed E-state index contributed by atoms with van der Waals surface area (Å²) in [6, 6.07) is 20.6. The summed E-state index contributed by atoms with van der Waals surface area (Å²) < 4.78 is 46.9. The first-order valence-corrected chi connectivity index (χ1v) is 15.3. The lowest BCUT2D eigenvalue weighted by molar-refractivity contribution is 0.0526. The van der Waals surface area contributed by atoms with E-state index in [1.807, 2.05) is 18.2 Å². The van der Waals surface area contributed by atoms with Crippen LogP contribution < -0.4 is 10.0 Å². The number of amides is 1. The Labute approximate surface area is 254 Å². The Morgan fingerprint density at radius 3 is 2.40 bits per heavy atom. The number of carbonyl (C=O) groups excluding carboxylic acids is 2. The van der Waals surface area contributed by atoms with E-state index in [0.29, 0.717) is 23.5 Å². The number of nitrogens with one attached hydrogen (secondary N) is 2. The summed E-state index contributed by atoms with van der Waals surface area (Å²) in [5.74, 6) is -1.67. The van der Waals surface area contributed by atoms with Crippen LogP contribution in [0.3, 0.4) is 0 Å². The molecule has 0 bridgehead atoms. The van der Waals surface area contributed by atoms with Crippen molar-refractivity contribution in [3.63, 3.8) is 0 Å². The predicted octanol–water partition coefficient (Wildman–Crippen LogP) is 6.10. The SMILES string of the molecule is CCOC(=O)c1c(NC(=O)c2ccccc2NS(=O)(=O)c2ccc(F)cc2)sc2c1CCN(Cc1ccccc1)C2.Cl. The van der Waals surface area contributed by atoms with Crippen LogP contribution in [-0.4, -0.2) is 38.3 Å². The van der Waals surface area contributed by atoms with Gasteiger partial charge in [0.2, 0.25) is 0 Å². The van der Waals surface area contributed by atoms with E-state index in [9.17, 15) is 22.4 Å². The number of thiophene rings is 1. The highest BCUT2D eigenvalue weighted by molar-refractivity contribution is 7.92. The van der Waals surface area contributed by atoms with Crippen molar-refractivity contribution in [2.75, 3.05) is 23.2 Å². The number of para-hydroxylation sites is 1. The van der Waals surface area contributed by atoms with Crippen molar-refractivity contribution in [1.82, 2.24) is 4.90 Å². The number of esters is 1. The molecule has 0 atom stereocenters. The lowest BCUT2D eigenvalue weighted by Gasteiger charge is -2.27. The molecule has 3 aromatic carbocycles. The Hall–Kier alpha value is -3.77. The van der Waals surface area contributed by atoms with Crippen LogP contribution in [0.1, 0.15) is 43.6 Å². The Balaban J connectivity index is 0.00000405. The summed E-state index contributed by atoms with van der Waals surface area (Å²) in [7, 11) is -4.10. The number of rotatable bonds is 9. The molecular weight excluding hydrogens is 601 g/mol. The lowest BCUT2D eigenvalue weighted by atomic mass is 10.0. The van der Waals surface area contributed by atoms with Crippen LogP contribution in [0.15, 0.2) is 83.8 Å².